The molecule has 9 heteroatoms. The molecule has 0 aromatic heterocycles. The number of nitrogens with zero attached hydrogens (tertiary/aromatic N) is 1. The van der Waals surface area contributed by atoms with Crippen molar-refractivity contribution in [2.24, 2.45) is 5.92 Å². The molecule has 0 saturated carbocycles. The van der Waals surface area contributed by atoms with Crippen LogP contribution in [-0.2, 0) is 19.6 Å². The molecule has 152 valence electrons. The lowest BCUT2D eigenvalue weighted by atomic mass is 9.98. The van der Waals surface area contributed by atoms with Crippen molar-refractivity contribution in [1.29, 1.82) is 0 Å². The zero-order chi connectivity index (χ0) is 20.0. The lowest BCUT2D eigenvalue weighted by Crippen LogP contribution is -2.47. The van der Waals surface area contributed by atoms with E-state index in [1.165, 1.54) is 10.4 Å². The molecule has 1 amide bonds. The van der Waals surface area contributed by atoms with E-state index in [-0.39, 0.29) is 29.1 Å². The number of hydrogen-bond donors (Lipinski definition) is 1. The van der Waals surface area contributed by atoms with E-state index in [1.807, 2.05) is 6.92 Å². The summed E-state index contributed by atoms with van der Waals surface area (Å²) in [5.41, 5.74) is 0. The molecule has 1 aromatic carbocycles. The molecule has 2 atom stereocenters. The van der Waals surface area contributed by atoms with Crippen LogP contribution in [0.25, 0.3) is 0 Å². The average molecular weight is 419 g/mol. The molecular formula is C18H27ClN2O5S. The molecule has 1 aromatic rings. The van der Waals surface area contributed by atoms with Crippen molar-refractivity contribution in [3.8, 4) is 5.75 Å². The molecule has 0 aliphatic carbocycles. The van der Waals surface area contributed by atoms with Gasteiger partial charge in [-0.1, -0.05) is 11.6 Å². The van der Waals surface area contributed by atoms with Crippen molar-refractivity contribution >= 4 is 27.5 Å². The van der Waals surface area contributed by atoms with Crippen molar-refractivity contribution in [1.82, 2.24) is 9.62 Å². The van der Waals surface area contributed by atoms with Gasteiger partial charge in [-0.3, -0.25) is 4.79 Å². The van der Waals surface area contributed by atoms with Crippen LogP contribution in [0, 0.1) is 5.92 Å². The Morgan fingerprint density at radius 2 is 2.19 bits per heavy atom. The number of amides is 1. The summed E-state index contributed by atoms with van der Waals surface area (Å²) in [4.78, 5) is 12.5. The van der Waals surface area contributed by atoms with Gasteiger partial charge in [-0.2, -0.15) is 4.31 Å². The highest BCUT2D eigenvalue weighted by Gasteiger charge is 2.35. The van der Waals surface area contributed by atoms with Crippen LogP contribution in [-0.4, -0.2) is 58.1 Å². The molecule has 0 radical (unpaired) electrons. The first-order valence-electron chi connectivity index (χ1n) is 9.01. The van der Waals surface area contributed by atoms with Crippen LogP contribution in [0.2, 0.25) is 5.02 Å². The molecule has 0 spiro atoms. The SMILES string of the molecule is CCOc1ccc(Cl)cc1S(=O)(=O)N1CCC[C@@H](C(=O)N[C@@H](C)COC)C1. The van der Waals surface area contributed by atoms with E-state index in [4.69, 9.17) is 21.1 Å². The summed E-state index contributed by atoms with van der Waals surface area (Å²) in [5.74, 6) is -0.291. The van der Waals surface area contributed by atoms with Crippen LogP contribution in [0.4, 0.5) is 0 Å². The first-order valence-corrected chi connectivity index (χ1v) is 10.8. The number of rotatable bonds is 8. The van der Waals surface area contributed by atoms with E-state index >= 15 is 0 Å². The van der Waals surface area contributed by atoms with E-state index in [2.05, 4.69) is 5.32 Å². The highest BCUT2D eigenvalue weighted by Crippen LogP contribution is 2.32. The summed E-state index contributed by atoms with van der Waals surface area (Å²) in [6.07, 6.45) is 1.26. The van der Waals surface area contributed by atoms with Crippen molar-refractivity contribution in [3.63, 3.8) is 0 Å². The molecule has 27 heavy (non-hydrogen) atoms. The number of piperidine rings is 1. The summed E-state index contributed by atoms with van der Waals surface area (Å²) >= 11 is 6.01. The van der Waals surface area contributed by atoms with Gasteiger partial charge in [-0.15, -0.1) is 0 Å². The highest BCUT2D eigenvalue weighted by atomic mass is 35.5. The first-order chi connectivity index (χ1) is 12.8. The second-order valence-electron chi connectivity index (χ2n) is 6.59. The molecular weight excluding hydrogens is 392 g/mol. The molecule has 1 aliphatic heterocycles. The fraction of sp³-hybridized carbons (Fsp3) is 0.611. The van der Waals surface area contributed by atoms with Crippen LogP contribution in [0.1, 0.15) is 26.7 Å². The van der Waals surface area contributed by atoms with Gasteiger partial charge in [0.1, 0.15) is 10.6 Å². The Hall–Kier alpha value is -1.35. The number of benzene rings is 1. The quantitative estimate of drug-likeness (QED) is 0.700. The van der Waals surface area contributed by atoms with Crippen LogP contribution < -0.4 is 10.1 Å². The first kappa shape index (κ1) is 21.9. The second-order valence-corrected chi connectivity index (χ2v) is 8.93. The molecule has 1 N–H and O–H groups in total. The third-order valence-corrected chi connectivity index (χ3v) is 6.51. The van der Waals surface area contributed by atoms with Crippen molar-refractivity contribution in [3.05, 3.63) is 23.2 Å². The van der Waals surface area contributed by atoms with Crippen LogP contribution in [0.3, 0.4) is 0 Å². The second kappa shape index (κ2) is 9.73. The largest absolute Gasteiger partial charge is 0.492 e. The zero-order valence-corrected chi connectivity index (χ0v) is 17.5. The van der Waals surface area contributed by atoms with E-state index in [9.17, 15) is 13.2 Å². The zero-order valence-electron chi connectivity index (χ0n) is 15.9. The Morgan fingerprint density at radius 3 is 2.85 bits per heavy atom. The molecule has 1 aliphatic rings. The van der Waals surface area contributed by atoms with Crippen LogP contribution in [0.5, 0.6) is 5.75 Å². The lowest BCUT2D eigenvalue weighted by molar-refractivity contribution is -0.127. The molecule has 1 heterocycles. The van der Waals surface area contributed by atoms with Gasteiger partial charge in [0, 0.05) is 31.3 Å². The Bertz CT molecular complexity index is 756. The normalized spacial score (nSPS) is 19.5. The molecule has 2 rings (SSSR count). The number of carbonyl (C=O) groups is 1. The highest BCUT2D eigenvalue weighted by molar-refractivity contribution is 7.89. The number of carbonyl (C=O) groups excluding carboxylic acids is 1. The summed E-state index contributed by atoms with van der Waals surface area (Å²) in [5, 5.41) is 3.19. The predicted molar refractivity (Wildman–Crippen MR) is 104 cm³/mol. The maximum atomic E-state index is 13.2. The van der Waals surface area contributed by atoms with E-state index < -0.39 is 15.9 Å². The Morgan fingerprint density at radius 1 is 1.44 bits per heavy atom. The maximum absolute atomic E-state index is 13.2. The van der Waals surface area contributed by atoms with Crippen LogP contribution in [0.15, 0.2) is 23.1 Å². The number of hydrogen-bond acceptors (Lipinski definition) is 5. The fourth-order valence-corrected chi connectivity index (χ4v) is 5.04. The standard InChI is InChI=1S/C18H27ClN2O5S/c1-4-26-16-8-7-15(19)10-17(16)27(23,24)21-9-5-6-14(11-21)18(22)20-13(2)12-25-3/h7-8,10,13-14H,4-6,9,11-12H2,1-3H3,(H,20,22)/t13-,14+/m0/s1. The van der Waals surface area contributed by atoms with E-state index in [0.717, 1.165) is 0 Å². The Balaban J connectivity index is 2.19. The minimum Gasteiger partial charge on any atom is -0.492 e. The number of halogens is 1. The number of methoxy groups -OCH3 is 1. The predicted octanol–water partition coefficient (Wildman–Crippen LogP) is 2.29. The van der Waals surface area contributed by atoms with Gasteiger partial charge in [0.05, 0.1) is 19.1 Å². The smallest absolute Gasteiger partial charge is 0.246 e. The van der Waals surface area contributed by atoms with Gasteiger partial charge in [0.25, 0.3) is 0 Å². The van der Waals surface area contributed by atoms with Crippen molar-refractivity contribution in [2.45, 2.75) is 37.6 Å². The third-order valence-electron chi connectivity index (χ3n) is 4.38. The monoisotopic (exact) mass is 418 g/mol. The van der Waals surface area contributed by atoms with E-state index in [0.29, 0.717) is 37.6 Å². The lowest BCUT2D eigenvalue weighted by Gasteiger charge is -2.32. The van der Waals surface area contributed by atoms with Gasteiger partial charge < -0.3 is 14.8 Å². The summed E-state index contributed by atoms with van der Waals surface area (Å²) in [7, 11) is -2.26. The molecule has 7 nitrogen and oxygen atoms in total. The molecule has 1 saturated heterocycles. The summed E-state index contributed by atoms with van der Waals surface area (Å²) < 4.78 is 38.2. The van der Waals surface area contributed by atoms with Gasteiger partial charge in [0.2, 0.25) is 15.9 Å². The van der Waals surface area contributed by atoms with Crippen molar-refractivity contribution < 1.29 is 22.7 Å². The topological polar surface area (TPSA) is 84.9 Å². The molecule has 0 bridgehead atoms. The number of sulfonamides is 1. The minimum absolute atomic E-state index is 0.0330. The van der Waals surface area contributed by atoms with Crippen LogP contribution >= 0.6 is 11.6 Å². The molecule has 1 fully saturated rings. The van der Waals surface area contributed by atoms with Gasteiger partial charge >= 0.3 is 0 Å². The van der Waals surface area contributed by atoms with Crippen molar-refractivity contribution in [2.75, 3.05) is 33.4 Å². The Kier molecular flexibility index (Phi) is 7.91. The number of ether oxygens (including phenoxy) is 2. The summed E-state index contributed by atoms with van der Waals surface area (Å²) in [6.45, 7) is 4.86. The fourth-order valence-electron chi connectivity index (χ4n) is 3.12. The molecule has 0 unspecified atom stereocenters. The third kappa shape index (κ3) is 5.57. The van der Waals surface area contributed by atoms with E-state index in [1.54, 1.807) is 26.2 Å². The van der Waals surface area contributed by atoms with Gasteiger partial charge in [-0.05, 0) is 44.9 Å². The number of nitrogens with one attached hydrogen (secondary N) is 1. The van der Waals surface area contributed by atoms with Gasteiger partial charge in [0.15, 0.2) is 0 Å². The van der Waals surface area contributed by atoms with Gasteiger partial charge in [-0.25, -0.2) is 8.42 Å². The average Bonchev–Trinajstić information content (AvgIpc) is 2.63. The maximum Gasteiger partial charge on any atom is 0.246 e. The Labute approximate surface area is 166 Å². The summed E-state index contributed by atoms with van der Waals surface area (Å²) in [6, 6.07) is 4.41. The minimum atomic E-state index is -3.82.